The lowest BCUT2D eigenvalue weighted by Gasteiger charge is -2.44. The van der Waals surface area contributed by atoms with E-state index in [0.717, 1.165) is 23.7 Å². The third-order valence-corrected chi connectivity index (χ3v) is 3.96. The highest BCUT2D eigenvalue weighted by Crippen LogP contribution is 2.47. The molecule has 13 heavy (non-hydrogen) atoms. The van der Waals surface area contributed by atoms with Crippen LogP contribution < -0.4 is 0 Å². The standard InChI is InChI=1S/C11H20.I2/c1-8(2)11-7-9-3-5-10(11)6-4-9;1-2/h8-11H,3-7H2,1-2H3;. The maximum Gasteiger partial charge on any atom is 0 e. The van der Waals surface area contributed by atoms with E-state index in [-0.39, 0.29) is 0 Å². The lowest BCUT2D eigenvalue weighted by Crippen LogP contribution is -2.33. The van der Waals surface area contributed by atoms with E-state index in [2.05, 4.69) is 51.1 Å². The number of rotatable bonds is 1. The van der Waals surface area contributed by atoms with Crippen LogP contribution in [0.3, 0.4) is 0 Å². The molecule has 0 saturated heterocycles. The van der Waals surface area contributed by atoms with E-state index in [9.17, 15) is 0 Å². The largest absolute Gasteiger partial charge is 0.0625 e. The Labute approximate surface area is 106 Å². The Hall–Kier alpha value is 1.46. The molecule has 0 radical (unpaired) electrons. The van der Waals surface area contributed by atoms with Gasteiger partial charge in [-0.2, -0.15) is 0 Å². The van der Waals surface area contributed by atoms with Gasteiger partial charge < -0.3 is 0 Å². The van der Waals surface area contributed by atoms with Crippen LogP contribution in [0.15, 0.2) is 0 Å². The third-order valence-electron chi connectivity index (χ3n) is 3.96. The fourth-order valence-electron chi connectivity index (χ4n) is 3.25. The minimum Gasteiger partial charge on any atom is -0.0625 e. The van der Waals surface area contributed by atoms with Crippen molar-refractivity contribution in [3.63, 3.8) is 0 Å². The van der Waals surface area contributed by atoms with Gasteiger partial charge in [-0.15, -0.1) is 0 Å². The number of hydrogen-bond acceptors (Lipinski definition) is 0. The summed E-state index contributed by atoms with van der Waals surface area (Å²) in [7, 11) is 0. The first kappa shape index (κ1) is 12.5. The topological polar surface area (TPSA) is 0 Å². The van der Waals surface area contributed by atoms with E-state index in [1.54, 1.807) is 32.1 Å². The van der Waals surface area contributed by atoms with Crippen molar-refractivity contribution in [1.82, 2.24) is 0 Å². The van der Waals surface area contributed by atoms with Crippen LogP contribution >= 0.6 is 37.2 Å². The normalized spacial score (nSPS) is 37.2. The van der Waals surface area contributed by atoms with E-state index in [0.29, 0.717) is 0 Å². The van der Waals surface area contributed by atoms with Gasteiger partial charge in [-0.05, 0) is 42.9 Å². The molecular formula is C11H20I2. The molecule has 3 aliphatic carbocycles. The predicted molar refractivity (Wildman–Crippen MR) is 76.4 cm³/mol. The van der Waals surface area contributed by atoms with Gasteiger partial charge in [-0.1, -0.05) is 26.7 Å². The maximum atomic E-state index is 2.41. The van der Waals surface area contributed by atoms with Crippen molar-refractivity contribution in [3.05, 3.63) is 0 Å². The van der Waals surface area contributed by atoms with E-state index in [1.807, 2.05) is 0 Å². The molecule has 0 aromatic carbocycles. The van der Waals surface area contributed by atoms with Gasteiger partial charge >= 0.3 is 0 Å². The fraction of sp³-hybridized carbons (Fsp3) is 1.00. The summed E-state index contributed by atoms with van der Waals surface area (Å²) in [6, 6.07) is 0. The predicted octanol–water partition coefficient (Wildman–Crippen LogP) is 5.24. The maximum absolute atomic E-state index is 2.41. The summed E-state index contributed by atoms with van der Waals surface area (Å²) in [5.41, 5.74) is 0. The number of halogens is 2. The van der Waals surface area contributed by atoms with Crippen LogP contribution in [0.5, 0.6) is 0 Å². The average molecular weight is 406 g/mol. The molecule has 0 heterocycles. The summed E-state index contributed by atoms with van der Waals surface area (Å²) in [6.07, 6.45) is 7.76. The van der Waals surface area contributed by atoms with Crippen LogP contribution in [-0.2, 0) is 0 Å². The highest BCUT2D eigenvalue weighted by Gasteiger charge is 2.36. The molecule has 3 saturated carbocycles. The highest BCUT2D eigenvalue weighted by molar-refractivity contribution is 15.0. The van der Waals surface area contributed by atoms with E-state index >= 15 is 0 Å². The van der Waals surface area contributed by atoms with E-state index in [4.69, 9.17) is 0 Å². The third kappa shape index (κ3) is 3.21. The molecule has 1 atom stereocenters. The number of hydrogen-bond donors (Lipinski definition) is 0. The zero-order valence-electron chi connectivity index (χ0n) is 8.60. The minimum atomic E-state index is 0.947. The van der Waals surface area contributed by atoms with E-state index < -0.39 is 0 Å². The molecule has 78 valence electrons. The van der Waals surface area contributed by atoms with Crippen LogP contribution in [0.4, 0.5) is 0 Å². The Kier molecular flexibility index (Phi) is 5.91. The van der Waals surface area contributed by atoms with Crippen molar-refractivity contribution in [3.8, 4) is 0 Å². The zero-order chi connectivity index (χ0) is 9.84. The van der Waals surface area contributed by atoms with Gasteiger partial charge in [0, 0.05) is 37.2 Å². The lowest BCUT2D eigenvalue weighted by molar-refractivity contribution is 0.0680. The second-order valence-corrected chi connectivity index (χ2v) is 4.92. The first-order valence-corrected chi connectivity index (χ1v) is 11.7. The Bertz CT molecular complexity index is 137. The quantitative estimate of drug-likeness (QED) is 0.523. The first-order valence-electron chi connectivity index (χ1n) is 5.41. The van der Waals surface area contributed by atoms with Gasteiger partial charge in [0.1, 0.15) is 0 Å². The molecule has 0 aromatic rings. The molecule has 0 nitrogen and oxygen atoms in total. The van der Waals surface area contributed by atoms with Crippen LogP contribution in [0.1, 0.15) is 46.0 Å². The van der Waals surface area contributed by atoms with Gasteiger partial charge in [-0.25, -0.2) is 0 Å². The van der Waals surface area contributed by atoms with Crippen molar-refractivity contribution in [1.29, 1.82) is 0 Å². The molecule has 3 fully saturated rings. The zero-order valence-corrected chi connectivity index (χ0v) is 12.9. The van der Waals surface area contributed by atoms with Gasteiger partial charge in [0.25, 0.3) is 0 Å². The van der Waals surface area contributed by atoms with Crippen LogP contribution in [0.2, 0.25) is 0 Å². The summed E-state index contributed by atoms with van der Waals surface area (Å²) >= 11 is 4.24. The van der Waals surface area contributed by atoms with Gasteiger partial charge in [0.15, 0.2) is 0 Å². The Morgan fingerprint density at radius 3 is 1.77 bits per heavy atom. The second kappa shape index (κ2) is 6.13. The average Bonchev–Trinajstić information content (AvgIpc) is 2.22. The molecule has 2 heteroatoms. The summed E-state index contributed by atoms with van der Waals surface area (Å²) in [4.78, 5) is 0. The van der Waals surface area contributed by atoms with Gasteiger partial charge in [-0.3, -0.25) is 0 Å². The van der Waals surface area contributed by atoms with Crippen molar-refractivity contribution >= 4 is 37.2 Å². The lowest BCUT2D eigenvalue weighted by atomic mass is 9.62. The molecule has 3 rings (SSSR count). The van der Waals surface area contributed by atoms with E-state index in [1.165, 1.54) is 0 Å². The second-order valence-electron chi connectivity index (χ2n) is 4.92. The Morgan fingerprint density at radius 1 is 1.00 bits per heavy atom. The van der Waals surface area contributed by atoms with Crippen LogP contribution in [0.25, 0.3) is 0 Å². The molecular weight excluding hydrogens is 386 g/mol. The smallest absolute Gasteiger partial charge is 0 e. The van der Waals surface area contributed by atoms with Crippen LogP contribution in [0, 0.1) is 23.7 Å². The SMILES string of the molecule is CC(C)C1CC2CCC1CC2.II. The van der Waals surface area contributed by atoms with Gasteiger partial charge in [0.2, 0.25) is 0 Å². The molecule has 0 aliphatic heterocycles. The van der Waals surface area contributed by atoms with Crippen molar-refractivity contribution in [2.24, 2.45) is 23.7 Å². The molecule has 0 spiro atoms. The van der Waals surface area contributed by atoms with Crippen LogP contribution in [-0.4, -0.2) is 0 Å². The summed E-state index contributed by atoms with van der Waals surface area (Å²) in [5.74, 6) is 4.26. The summed E-state index contributed by atoms with van der Waals surface area (Å²) in [5, 5.41) is 0. The Balaban J connectivity index is 0.000000396. The molecule has 3 aliphatic rings. The first-order chi connectivity index (χ1) is 6.27. The molecule has 0 aromatic heterocycles. The molecule has 0 amide bonds. The number of fused-ring (bicyclic) bond motifs is 3. The van der Waals surface area contributed by atoms with Crippen molar-refractivity contribution < 1.29 is 0 Å². The summed E-state index contributed by atoms with van der Waals surface area (Å²) in [6.45, 7) is 4.82. The van der Waals surface area contributed by atoms with Gasteiger partial charge in [0.05, 0.1) is 0 Å². The molecule has 0 N–H and O–H groups in total. The highest BCUT2D eigenvalue weighted by atomic mass is 128. The minimum absolute atomic E-state index is 0.947. The van der Waals surface area contributed by atoms with Crippen molar-refractivity contribution in [2.45, 2.75) is 46.0 Å². The van der Waals surface area contributed by atoms with Crippen molar-refractivity contribution in [2.75, 3.05) is 0 Å². The fourth-order valence-corrected chi connectivity index (χ4v) is 3.25. The monoisotopic (exact) mass is 406 g/mol. The Morgan fingerprint density at radius 2 is 1.54 bits per heavy atom. The molecule has 1 unspecified atom stereocenters. The summed E-state index contributed by atoms with van der Waals surface area (Å²) < 4.78 is 0. The molecule has 2 bridgehead atoms.